The molecule has 1 aliphatic rings. The van der Waals surface area contributed by atoms with Gasteiger partial charge in [0.1, 0.15) is 12.0 Å². The second-order valence-electron chi connectivity index (χ2n) is 4.98. The van der Waals surface area contributed by atoms with Gasteiger partial charge in [0.25, 0.3) is 5.91 Å². The molecule has 0 aromatic carbocycles. The summed E-state index contributed by atoms with van der Waals surface area (Å²) in [5.74, 6) is 0.311. The quantitative estimate of drug-likeness (QED) is 0.847. The maximum atomic E-state index is 12.5. The summed E-state index contributed by atoms with van der Waals surface area (Å²) in [6.07, 6.45) is 3.23. The van der Waals surface area contributed by atoms with Crippen LogP contribution in [0.15, 0.2) is 18.6 Å². The Morgan fingerprint density at radius 2 is 2.00 bits per heavy atom. The summed E-state index contributed by atoms with van der Waals surface area (Å²) in [6, 6.07) is 1.57. The third-order valence-corrected chi connectivity index (χ3v) is 4.49. The molecule has 8 heteroatoms. The number of aromatic nitrogens is 3. The topological polar surface area (TPSA) is 71.5 Å². The first-order valence-corrected chi connectivity index (χ1v) is 7.81. The zero-order chi connectivity index (χ0) is 15.5. The number of amides is 1. The van der Waals surface area contributed by atoms with E-state index < -0.39 is 0 Å². The van der Waals surface area contributed by atoms with E-state index in [9.17, 15) is 4.79 Å². The predicted octanol–water partition coefficient (Wildman–Crippen LogP) is 1.21. The molecule has 1 aliphatic heterocycles. The second kappa shape index (κ2) is 6.27. The molecule has 0 saturated carbocycles. The Hall–Kier alpha value is -2.22. The van der Waals surface area contributed by atoms with Gasteiger partial charge in [0, 0.05) is 43.3 Å². The highest BCUT2D eigenvalue weighted by molar-refractivity contribution is 7.15. The van der Waals surface area contributed by atoms with Gasteiger partial charge >= 0.3 is 0 Å². The number of piperazine rings is 1. The molecule has 116 valence electrons. The van der Waals surface area contributed by atoms with Gasteiger partial charge in [0.05, 0.1) is 7.11 Å². The zero-order valence-electron chi connectivity index (χ0n) is 12.5. The number of nitrogens with zero attached hydrogens (tertiary/aromatic N) is 5. The third kappa shape index (κ3) is 3.01. The van der Waals surface area contributed by atoms with Gasteiger partial charge in [-0.2, -0.15) is 0 Å². The number of thiazole rings is 1. The van der Waals surface area contributed by atoms with Gasteiger partial charge in [-0.1, -0.05) is 0 Å². The zero-order valence-corrected chi connectivity index (χ0v) is 13.3. The average molecular weight is 319 g/mol. The van der Waals surface area contributed by atoms with Crippen LogP contribution >= 0.6 is 11.3 Å². The van der Waals surface area contributed by atoms with Crippen LogP contribution in [0.4, 0.5) is 5.13 Å². The van der Waals surface area contributed by atoms with Gasteiger partial charge in [0.2, 0.25) is 5.88 Å². The molecule has 0 atom stereocenters. The van der Waals surface area contributed by atoms with Crippen molar-refractivity contribution in [2.24, 2.45) is 0 Å². The summed E-state index contributed by atoms with van der Waals surface area (Å²) in [6.45, 7) is 4.92. The molecule has 0 unspecified atom stereocenters. The molecular weight excluding hydrogens is 302 g/mol. The Balaban J connectivity index is 1.64. The minimum atomic E-state index is -0.0873. The van der Waals surface area contributed by atoms with Crippen LogP contribution in [0, 0.1) is 6.92 Å². The van der Waals surface area contributed by atoms with Crippen LogP contribution in [0.25, 0.3) is 0 Å². The summed E-state index contributed by atoms with van der Waals surface area (Å²) >= 11 is 1.68. The minimum absolute atomic E-state index is 0.0873. The van der Waals surface area contributed by atoms with E-state index in [0.717, 1.165) is 18.2 Å². The van der Waals surface area contributed by atoms with Crippen LogP contribution in [-0.2, 0) is 0 Å². The maximum Gasteiger partial charge on any atom is 0.272 e. The molecule has 2 aromatic rings. The van der Waals surface area contributed by atoms with Gasteiger partial charge in [-0.3, -0.25) is 4.79 Å². The highest BCUT2D eigenvalue weighted by Gasteiger charge is 2.24. The van der Waals surface area contributed by atoms with Crippen LogP contribution in [-0.4, -0.2) is 59.0 Å². The van der Waals surface area contributed by atoms with Crippen molar-refractivity contribution in [1.82, 2.24) is 19.9 Å². The van der Waals surface area contributed by atoms with Gasteiger partial charge < -0.3 is 14.5 Å². The van der Waals surface area contributed by atoms with Gasteiger partial charge in [0.15, 0.2) is 5.13 Å². The van der Waals surface area contributed by atoms with Crippen molar-refractivity contribution in [1.29, 1.82) is 0 Å². The summed E-state index contributed by atoms with van der Waals surface area (Å²) in [5, 5.41) is 1.02. The number of carbonyl (C=O) groups excluding carboxylic acids is 1. The number of ether oxygens (including phenoxy) is 1. The smallest absolute Gasteiger partial charge is 0.272 e. The Morgan fingerprint density at radius 3 is 2.64 bits per heavy atom. The molecule has 0 radical (unpaired) electrons. The largest absolute Gasteiger partial charge is 0.481 e. The average Bonchev–Trinajstić information content (AvgIpc) is 3.01. The summed E-state index contributed by atoms with van der Waals surface area (Å²) in [7, 11) is 1.52. The summed E-state index contributed by atoms with van der Waals surface area (Å²) in [4.78, 5) is 30.0. The molecule has 2 aromatic heterocycles. The lowest BCUT2D eigenvalue weighted by Gasteiger charge is -2.34. The van der Waals surface area contributed by atoms with Crippen molar-refractivity contribution < 1.29 is 9.53 Å². The monoisotopic (exact) mass is 319 g/mol. The Morgan fingerprint density at radius 1 is 1.23 bits per heavy atom. The van der Waals surface area contributed by atoms with E-state index in [0.29, 0.717) is 24.7 Å². The van der Waals surface area contributed by atoms with E-state index in [1.807, 2.05) is 13.1 Å². The van der Waals surface area contributed by atoms with E-state index in [1.54, 1.807) is 22.3 Å². The Kier molecular flexibility index (Phi) is 4.19. The van der Waals surface area contributed by atoms with Gasteiger partial charge in [-0.05, 0) is 6.92 Å². The molecule has 1 amide bonds. The molecule has 1 fully saturated rings. The molecule has 1 saturated heterocycles. The van der Waals surface area contributed by atoms with Crippen LogP contribution < -0.4 is 9.64 Å². The van der Waals surface area contributed by atoms with Crippen molar-refractivity contribution >= 4 is 22.4 Å². The summed E-state index contributed by atoms with van der Waals surface area (Å²) in [5.41, 5.74) is 0.366. The molecule has 0 bridgehead atoms. The molecule has 0 N–H and O–H groups in total. The second-order valence-corrected chi connectivity index (χ2v) is 6.19. The molecule has 0 aliphatic carbocycles. The predicted molar refractivity (Wildman–Crippen MR) is 83.6 cm³/mol. The fraction of sp³-hybridized carbons (Fsp3) is 0.429. The fourth-order valence-electron chi connectivity index (χ4n) is 2.32. The highest BCUT2D eigenvalue weighted by Crippen LogP contribution is 2.23. The molecule has 22 heavy (non-hydrogen) atoms. The van der Waals surface area contributed by atoms with Crippen molar-refractivity contribution in [3.63, 3.8) is 0 Å². The van der Waals surface area contributed by atoms with Crippen molar-refractivity contribution in [2.75, 3.05) is 38.2 Å². The molecule has 7 nitrogen and oxygen atoms in total. The fourth-order valence-corrected chi connectivity index (χ4v) is 3.13. The Bertz CT molecular complexity index is 667. The molecular formula is C14H17N5O2S. The van der Waals surface area contributed by atoms with E-state index in [-0.39, 0.29) is 5.91 Å². The van der Waals surface area contributed by atoms with E-state index in [1.165, 1.54) is 18.3 Å². The van der Waals surface area contributed by atoms with Crippen molar-refractivity contribution in [2.45, 2.75) is 6.92 Å². The van der Waals surface area contributed by atoms with E-state index in [2.05, 4.69) is 19.9 Å². The normalized spacial score (nSPS) is 15.0. The number of hydrogen-bond acceptors (Lipinski definition) is 7. The van der Waals surface area contributed by atoms with Gasteiger partial charge in [-0.25, -0.2) is 15.0 Å². The van der Waals surface area contributed by atoms with Crippen LogP contribution in [0.3, 0.4) is 0 Å². The molecule has 3 rings (SSSR count). The molecule has 3 heterocycles. The number of rotatable bonds is 3. The first-order chi connectivity index (χ1) is 10.7. The van der Waals surface area contributed by atoms with Crippen LogP contribution in [0.2, 0.25) is 0 Å². The van der Waals surface area contributed by atoms with Gasteiger partial charge in [-0.15, -0.1) is 11.3 Å². The SMILES string of the molecule is COc1cc(C(=O)N2CCN(c3ncc(C)s3)CC2)ncn1. The van der Waals surface area contributed by atoms with Crippen molar-refractivity contribution in [3.05, 3.63) is 29.2 Å². The standard InChI is InChI=1S/C14H17N5O2S/c1-10-8-15-14(22-10)19-5-3-18(4-6-19)13(20)11-7-12(21-2)17-9-16-11/h7-9H,3-6H2,1-2H3. The highest BCUT2D eigenvalue weighted by atomic mass is 32.1. The molecule has 0 spiro atoms. The first-order valence-electron chi connectivity index (χ1n) is 7.00. The minimum Gasteiger partial charge on any atom is -0.481 e. The lowest BCUT2D eigenvalue weighted by atomic mass is 10.3. The number of aryl methyl sites for hydroxylation is 1. The number of carbonyl (C=O) groups is 1. The number of methoxy groups -OCH3 is 1. The lowest BCUT2D eigenvalue weighted by Crippen LogP contribution is -2.49. The third-order valence-electron chi connectivity index (χ3n) is 3.52. The Labute approximate surface area is 132 Å². The van der Waals surface area contributed by atoms with E-state index >= 15 is 0 Å². The maximum absolute atomic E-state index is 12.5. The van der Waals surface area contributed by atoms with E-state index in [4.69, 9.17) is 4.74 Å². The number of hydrogen-bond donors (Lipinski definition) is 0. The van der Waals surface area contributed by atoms with Crippen LogP contribution in [0.1, 0.15) is 15.4 Å². The number of anilines is 1. The summed E-state index contributed by atoms with van der Waals surface area (Å²) < 4.78 is 5.03. The van der Waals surface area contributed by atoms with Crippen LogP contribution in [0.5, 0.6) is 5.88 Å². The van der Waals surface area contributed by atoms with Crippen molar-refractivity contribution in [3.8, 4) is 5.88 Å². The first kappa shape index (κ1) is 14.7. The lowest BCUT2D eigenvalue weighted by molar-refractivity contribution is 0.0740.